The maximum absolute atomic E-state index is 13.6. The Morgan fingerprint density at radius 3 is 2.41 bits per heavy atom. The fourth-order valence-electron chi connectivity index (χ4n) is 3.15. The number of benzene rings is 3. The van der Waals surface area contributed by atoms with Gasteiger partial charge < -0.3 is 10.1 Å². The summed E-state index contributed by atoms with van der Waals surface area (Å²) in [5.41, 5.74) is -0.518. The molecule has 0 bridgehead atoms. The molecule has 3 aromatic rings. The third kappa shape index (κ3) is 5.81. The molecule has 180 valence electrons. The predicted octanol–water partition coefficient (Wildman–Crippen LogP) is 5.51. The number of amides is 1. The SMILES string of the molecule is COc1ccc(C)cc1S(=O)(=O)N(CC(=O)Nc1cccc(Cl)c1)c1cccc(C(F)(F)F)c1. The molecule has 3 aromatic carbocycles. The average Bonchev–Trinajstić information content (AvgIpc) is 2.77. The van der Waals surface area contributed by atoms with Gasteiger partial charge >= 0.3 is 6.18 Å². The monoisotopic (exact) mass is 512 g/mol. The molecular formula is C23H20ClF3N2O4S. The summed E-state index contributed by atoms with van der Waals surface area (Å²) in [7, 11) is -3.26. The zero-order valence-corrected chi connectivity index (χ0v) is 19.6. The topological polar surface area (TPSA) is 75.7 Å². The molecule has 3 rings (SSSR count). The number of anilines is 2. The summed E-state index contributed by atoms with van der Waals surface area (Å²) in [6.45, 7) is 0.853. The molecule has 1 amide bonds. The lowest BCUT2D eigenvalue weighted by molar-refractivity contribution is -0.137. The number of sulfonamides is 1. The minimum Gasteiger partial charge on any atom is -0.495 e. The molecule has 0 heterocycles. The predicted molar refractivity (Wildman–Crippen MR) is 124 cm³/mol. The number of carbonyl (C=O) groups is 1. The average molecular weight is 513 g/mol. The quantitative estimate of drug-likeness (QED) is 0.453. The van der Waals surface area contributed by atoms with Crippen molar-refractivity contribution in [1.29, 1.82) is 0 Å². The van der Waals surface area contributed by atoms with Crippen molar-refractivity contribution in [3.63, 3.8) is 0 Å². The summed E-state index contributed by atoms with van der Waals surface area (Å²) in [6.07, 6.45) is -4.71. The second kappa shape index (κ2) is 9.94. The van der Waals surface area contributed by atoms with E-state index in [-0.39, 0.29) is 16.3 Å². The summed E-state index contributed by atoms with van der Waals surface area (Å²) in [5, 5.41) is 2.85. The van der Waals surface area contributed by atoms with Gasteiger partial charge in [-0.15, -0.1) is 0 Å². The number of methoxy groups -OCH3 is 1. The minimum absolute atomic E-state index is 0.0159. The van der Waals surface area contributed by atoms with Crippen LogP contribution in [0.15, 0.2) is 71.6 Å². The van der Waals surface area contributed by atoms with E-state index in [2.05, 4.69) is 5.32 Å². The Balaban J connectivity index is 2.09. The van der Waals surface area contributed by atoms with Crippen molar-refractivity contribution in [3.8, 4) is 5.75 Å². The van der Waals surface area contributed by atoms with Crippen LogP contribution in [0.4, 0.5) is 24.5 Å². The largest absolute Gasteiger partial charge is 0.495 e. The van der Waals surface area contributed by atoms with Crippen LogP contribution in [-0.2, 0) is 21.0 Å². The zero-order valence-electron chi connectivity index (χ0n) is 18.1. The van der Waals surface area contributed by atoms with E-state index >= 15 is 0 Å². The molecular weight excluding hydrogens is 493 g/mol. The lowest BCUT2D eigenvalue weighted by atomic mass is 10.2. The van der Waals surface area contributed by atoms with Crippen molar-refractivity contribution in [1.82, 2.24) is 0 Å². The molecule has 1 N–H and O–H groups in total. The fraction of sp³-hybridized carbons (Fsp3) is 0.174. The third-order valence-corrected chi connectivity index (χ3v) is 6.77. The first-order valence-corrected chi connectivity index (χ1v) is 11.6. The van der Waals surface area contributed by atoms with Gasteiger partial charge in [-0.2, -0.15) is 13.2 Å². The van der Waals surface area contributed by atoms with E-state index in [1.54, 1.807) is 25.1 Å². The first-order valence-electron chi connectivity index (χ1n) is 9.82. The minimum atomic E-state index is -4.71. The highest BCUT2D eigenvalue weighted by molar-refractivity contribution is 7.93. The second-order valence-corrected chi connectivity index (χ2v) is 9.54. The van der Waals surface area contributed by atoms with Crippen molar-refractivity contribution in [3.05, 3.63) is 82.9 Å². The van der Waals surface area contributed by atoms with Gasteiger partial charge in [-0.1, -0.05) is 29.8 Å². The molecule has 0 radical (unpaired) electrons. The van der Waals surface area contributed by atoms with E-state index in [4.69, 9.17) is 16.3 Å². The maximum Gasteiger partial charge on any atom is 0.416 e. The molecule has 0 aliphatic heterocycles. The molecule has 0 spiro atoms. The van der Waals surface area contributed by atoms with Crippen molar-refractivity contribution >= 4 is 38.9 Å². The Hall–Kier alpha value is -3.24. The van der Waals surface area contributed by atoms with E-state index in [1.807, 2.05) is 0 Å². The van der Waals surface area contributed by atoms with Gasteiger partial charge in [0, 0.05) is 10.7 Å². The highest BCUT2D eigenvalue weighted by atomic mass is 35.5. The number of hydrogen-bond acceptors (Lipinski definition) is 4. The second-order valence-electron chi connectivity index (χ2n) is 7.27. The van der Waals surface area contributed by atoms with Crippen LogP contribution >= 0.6 is 11.6 Å². The van der Waals surface area contributed by atoms with Crippen LogP contribution in [0.2, 0.25) is 5.02 Å². The summed E-state index contributed by atoms with van der Waals surface area (Å²) >= 11 is 5.91. The Kier molecular flexibility index (Phi) is 7.42. The molecule has 11 heteroatoms. The molecule has 6 nitrogen and oxygen atoms in total. The highest BCUT2D eigenvalue weighted by Crippen LogP contribution is 2.35. The van der Waals surface area contributed by atoms with Crippen LogP contribution in [0.5, 0.6) is 5.75 Å². The molecule has 0 atom stereocenters. The van der Waals surface area contributed by atoms with Crippen LogP contribution in [-0.4, -0.2) is 28.0 Å². The van der Waals surface area contributed by atoms with Crippen LogP contribution in [0.1, 0.15) is 11.1 Å². The Morgan fingerprint density at radius 1 is 1.06 bits per heavy atom. The van der Waals surface area contributed by atoms with Crippen LogP contribution in [0.3, 0.4) is 0 Å². The van der Waals surface area contributed by atoms with Gasteiger partial charge in [-0.05, 0) is 61.0 Å². The smallest absolute Gasteiger partial charge is 0.416 e. The van der Waals surface area contributed by atoms with Crippen LogP contribution < -0.4 is 14.4 Å². The number of hydrogen-bond donors (Lipinski definition) is 1. The molecule has 0 aliphatic carbocycles. The van der Waals surface area contributed by atoms with Crippen molar-refractivity contribution in [2.24, 2.45) is 0 Å². The molecule has 0 saturated carbocycles. The Bertz CT molecular complexity index is 1310. The lowest BCUT2D eigenvalue weighted by Crippen LogP contribution is -2.38. The number of nitrogens with one attached hydrogen (secondary N) is 1. The molecule has 0 aliphatic rings. The van der Waals surface area contributed by atoms with Gasteiger partial charge in [-0.3, -0.25) is 9.10 Å². The van der Waals surface area contributed by atoms with E-state index < -0.39 is 34.2 Å². The molecule has 0 fully saturated rings. The Labute approximate surface area is 200 Å². The van der Waals surface area contributed by atoms with E-state index in [0.29, 0.717) is 26.6 Å². The van der Waals surface area contributed by atoms with Crippen LogP contribution in [0, 0.1) is 6.92 Å². The maximum atomic E-state index is 13.6. The van der Waals surface area contributed by atoms with Gasteiger partial charge in [0.2, 0.25) is 5.91 Å². The molecule has 0 unspecified atom stereocenters. The van der Waals surface area contributed by atoms with Crippen LogP contribution in [0.25, 0.3) is 0 Å². The number of aryl methyl sites for hydroxylation is 1. The first-order chi connectivity index (χ1) is 15.9. The molecule has 0 aromatic heterocycles. The number of rotatable bonds is 7. The van der Waals surface area contributed by atoms with Gasteiger partial charge in [-0.25, -0.2) is 8.42 Å². The number of halogens is 4. The standard InChI is InChI=1S/C23H20ClF3N2O4S/c1-15-9-10-20(33-2)21(11-15)34(31,32)29(19-8-3-5-16(12-19)23(25,26)27)14-22(30)28-18-7-4-6-17(24)13-18/h3-13H,14H2,1-2H3,(H,28,30). The number of alkyl halides is 3. The lowest BCUT2D eigenvalue weighted by Gasteiger charge is -2.26. The van der Waals surface area contributed by atoms with Gasteiger partial charge in [0.15, 0.2) is 0 Å². The van der Waals surface area contributed by atoms with E-state index in [1.165, 1.54) is 37.4 Å². The van der Waals surface area contributed by atoms with Gasteiger partial charge in [0.25, 0.3) is 10.0 Å². The summed E-state index contributed by atoms with van der Waals surface area (Å²) in [4.78, 5) is 12.5. The number of carbonyl (C=O) groups excluding carboxylic acids is 1. The zero-order chi connectivity index (χ0) is 25.1. The summed E-state index contributed by atoms with van der Waals surface area (Å²) in [6, 6.07) is 14.3. The number of nitrogens with zero attached hydrogens (tertiary/aromatic N) is 1. The van der Waals surface area contributed by atoms with E-state index in [0.717, 1.165) is 12.1 Å². The van der Waals surface area contributed by atoms with Crippen molar-refractivity contribution in [2.45, 2.75) is 18.0 Å². The highest BCUT2D eigenvalue weighted by Gasteiger charge is 2.34. The number of ether oxygens (including phenoxy) is 1. The van der Waals surface area contributed by atoms with Gasteiger partial charge in [0.05, 0.1) is 18.4 Å². The molecule has 34 heavy (non-hydrogen) atoms. The molecule has 0 saturated heterocycles. The van der Waals surface area contributed by atoms with Crippen molar-refractivity contribution in [2.75, 3.05) is 23.3 Å². The van der Waals surface area contributed by atoms with E-state index in [9.17, 15) is 26.4 Å². The third-order valence-electron chi connectivity index (χ3n) is 4.74. The first kappa shape index (κ1) is 25.4. The van der Waals surface area contributed by atoms with Gasteiger partial charge in [0.1, 0.15) is 17.2 Å². The summed E-state index contributed by atoms with van der Waals surface area (Å²) < 4.78 is 73.0. The van der Waals surface area contributed by atoms with Crippen molar-refractivity contribution < 1.29 is 31.1 Å². The fourth-order valence-corrected chi connectivity index (χ4v) is 5.00. The summed E-state index contributed by atoms with van der Waals surface area (Å²) in [5.74, 6) is -0.798. The normalized spacial score (nSPS) is 11.7. The Morgan fingerprint density at radius 2 is 1.76 bits per heavy atom.